The SMILES string of the molecule is CC(=O)NCCCc1nnc(SCC(=O)c2ccc(Cl)s2)n1-c1ccc(I)cc1. The second-order valence-corrected chi connectivity index (χ2v) is 10.0. The Morgan fingerprint density at radius 1 is 1.21 bits per heavy atom. The van der Waals surface area contributed by atoms with Crippen LogP contribution in [0.5, 0.6) is 0 Å². The van der Waals surface area contributed by atoms with Gasteiger partial charge < -0.3 is 5.32 Å². The summed E-state index contributed by atoms with van der Waals surface area (Å²) in [7, 11) is 0. The number of amides is 1. The zero-order chi connectivity index (χ0) is 20.8. The molecule has 0 saturated carbocycles. The van der Waals surface area contributed by atoms with Crippen LogP contribution in [-0.4, -0.2) is 38.8 Å². The van der Waals surface area contributed by atoms with Crippen molar-refractivity contribution in [1.29, 1.82) is 0 Å². The minimum Gasteiger partial charge on any atom is -0.356 e. The van der Waals surface area contributed by atoms with E-state index >= 15 is 0 Å². The van der Waals surface area contributed by atoms with Gasteiger partial charge in [0.1, 0.15) is 5.82 Å². The maximum absolute atomic E-state index is 12.4. The molecule has 6 nitrogen and oxygen atoms in total. The summed E-state index contributed by atoms with van der Waals surface area (Å²) >= 11 is 10.8. The highest BCUT2D eigenvalue weighted by molar-refractivity contribution is 14.1. The van der Waals surface area contributed by atoms with Gasteiger partial charge in [0.2, 0.25) is 5.91 Å². The first-order chi connectivity index (χ1) is 13.9. The van der Waals surface area contributed by atoms with Crippen LogP contribution < -0.4 is 5.32 Å². The van der Waals surface area contributed by atoms with Gasteiger partial charge in [-0.25, -0.2) is 0 Å². The maximum atomic E-state index is 12.4. The van der Waals surface area contributed by atoms with E-state index in [4.69, 9.17) is 11.6 Å². The zero-order valence-corrected chi connectivity index (χ0v) is 20.1. The summed E-state index contributed by atoms with van der Waals surface area (Å²) in [6, 6.07) is 11.5. The molecule has 0 unspecified atom stereocenters. The molecule has 3 aromatic rings. The van der Waals surface area contributed by atoms with Crippen LogP contribution in [0.4, 0.5) is 0 Å². The molecule has 2 aromatic heterocycles. The molecule has 2 heterocycles. The van der Waals surface area contributed by atoms with Gasteiger partial charge >= 0.3 is 0 Å². The predicted octanol–water partition coefficient (Wildman–Crippen LogP) is 4.63. The summed E-state index contributed by atoms with van der Waals surface area (Å²) in [6.45, 7) is 2.08. The van der Waals surface area contributed by atoms with Gasteiger partial charge in [-0.3, -0.25) is 14.2 Å². The smallest absolute Gasteiger partial charge is 0.216 e. The van der Waals surface area contributed by atoms with Crippen molar-refractivity contribution in [2.24, 2.45) is 0 Å². The average Bonchev–Trinajstić information content (AvgIpc) is 3.30. The molecular weight excluding hydrogens is 543 g/mol. The van der Waals surface area contributed by atoms with Gasteiger partial charge in [-0.15, -0.1) is 21.5 Å². The lowest BCUT2D eigenvalue weighted by molar-refractivity contribution is -0.118. The van der Waals surface area contributed by atoms with Crippen molar-refractivity contribution in [3.8, 4) is 5.69 Å². The molecule has 0 atom stereocenters. The molecule has 0 radical (unpaired) electrons. The molecule has 1 aromatic carbocycles. The van der Waals surface area contributed by atoms with Crippen LogP contribution in [0, 0.1) is 3.57 Å². The number of aryl methyl sites for hydroxylation is 1. The first-order valence-electron chi connectivity index (χ1n) is 8.80. The first kappa shape index (κ1) is 22.3. The molecule has 0 aliphatic rings. The van der Waals surface area contributed by atoms with Crippen LogP contribution in [0.15, 0.2) is 41.6 Å². The van der Waals surface area contributed by atoms with Gasteiger partial charge in [-0.05, 0) is 65.4 Å². The number of carbonyl (C=O) groups excluding carboxylic acids is 2. The summed E-state index contributed by atoms with van der Waals surface area (Å²) < 4.78 is 3.70. The zero-order valence-electron chi connectivity index (χ0n) is 15.5. The Labute approximate surface area is 195 Å². The number of carbonyl (C=O) groups is 2. The summed E-state index contributed by atoms with van der Waals surface area (Å²) in [5, 5.41) is 12.1. The minimum absolute atomic E-state index is 0.0104. The third-order valence-electron chi connectivity index (χ3n) is 3.92. The third-order valence-corrected chi connectivity index (χ3v) is 6.84. The predicted molar refractivity (Wildman–Crippen MR) is 125 cm³/mol. The van der Waals surface area contributed by atoms with Crippen LogP contribution in [0.1, 0.15) is 28.8 Å². The number of nitrogens with zero attached hydrogens (tertiary/aromatic N) is 3. The normalized spacial score (nSPS) is 10.9. The number of rotatable bonds is 9. The van der Waals surface area contributed by atoms with Crippen LogP contribution >= 0.6 is 57.3 Å². The van der Waals surface area contributed by atoms with E-state index in [0.717, 1.165) is 21.5 Å². The number of hydrogen-bond donors (Lipinski definition) is 1. The van der Waals surface area contributed by atoms with E-state index in [1.54, 1.807) is 12.1 Å². The van der Waals surface area contributed by atoms with E-state index in [1.165, 1.54) is 30.0 Å². The highest BCUT2D eigenvalue weighted by Crippen LogP contribution is 2.27. The minimum atomic E-state index is -0.0486. The summed E-state index contributed by atoms with van der Waals surface area (Å²) in [4.78, 5) is 24.1. The quantitative estimate of drug-likeness (QED) is 0.179. The number of ketones is 1. The maximum Gasteiger partial charge on any atom is 0.216 e. The fourth-order valence-corrected chi connectivity index (χ4v) is 4.87. The van der Waals surface area contributed by atoms with Gasteiger partial charge in [-0.1, -0.05) is 23.4 Å². The van der Waals surface area contributed by atoms with Gasteiger partial charge in [0, 0.05) is 29.1 Å². The Hall–Kier alpha value is -1.43. The lowest BCUT2D eigenvalue weighted by atomic mass is 10.2. The number of nitrogens with one attached hydrogen (secondary N) is 1. The third kappa shape index (κ3) is 6.27. The van der Waals surface area contributed by atoms with Crippen molar-refractivity contribution >= 4 is 69.0 Å². The molecule has 0 fully saturated rings. The summed E-state index contributed by atoms with van der Waals surface area (Å²) in [5.74, 6) is 1.01. The second-order valence-electron chi connectivity index (χ2n) is 6.11. The Morgan fingerprint density at radius 2 is 1.97 bits per heavy atom. The molecule has 0 aliphatic carbocycles. The fraction of sp³-hybridized carbons (Fsp3) is 0.263. The lowest BCUT2D eigenvalue weighted by Gasteiger charge is -2.10. The number of benzene rings is 1. The average molecular weight is 561 g/mol. The molecule has 29 heavy (non-hydrogen) atoms. The van der Waals surface area contributed by atoms with Crippen molar-refractivity contribution in [3.63, 3.8) is 0 Å². The highest BCUT2D eigenvalue weighted by atomic mass is 127. The number of hydrogen-bond acceptors (Lipinski definition) is 6. The summed E-state index contributed by atoms with van der Waals surface area (Å²) in [5.41, 5.74) is 0.944. The van der Waals surface area contributed by atoms with E-state index in [-0.39, 0.29) is 17.4 Å². The largest absolute Gasteiger partial charge is 0.356 e. The van der Waals surface area contributed by atoms with Crippen LogP contribution in [0.2, 0.25) is 4.34 Å². The van der Waals surface area contributed by atoms with Crippen LogP contribution in [-0.2, 0) is 11.2 Å². The van der Waals surface area contributed by atoms with E-state index in [2.05, 4.69) is 38.1 Å². The summed E-state index contributed by atoms with van der Waals surface area (Å²) in [6.07, 6.45) is 1.41. The molecule has 0 spiro atoms. The van der Waals surface area contributed by atoms with Crippen molar-refractivity contribution in [2.45, 2.75) is 24.9 Å². The number of thioether (sulfide) groups is 1. The van der Waals surface area contributed by atoms with Gasteiger partial charge in [0.25, 0.3) is 0 Å². The lowest BCUT2D eigenvalue weighted by Crippen LogP contribution is -2.21. The van der Waals surface area contributed by atoms with E-state index in [0.29, 0.717) is 27.3 Å². The molecule has 0 aliphatic heterocycles. The molecular formula is C19H18ClIN4O2S2. The Balaban J connectivity index is 1.77. The number of aromatic nitrogens is 3. The van der Waals surface area contributed by atoms with Gasteiger partial charge in [0.15, 0.2) is 10.9 Å². The van der Waals surface area contributed by atoms with E-state index < -0.39 is 0 Å². The highest BCUT2D eigenvalue weighted by Gasteiger charge is 2.17. The fourth-order valence-electron chi connectivity index (χ4n) is 2.58. The van der Waals surface area contributed by atoms with Crippen LogP contribution in [0.3, 0.4) is 0 Å². The van der Waals surface area contributed by atoms with Crippen molar-refractivity contribution in [1.82, 2.24) is 20.1 Å². The van der Waals surface area contributed by atoms with E-state index in [1.807, 2.05) is 28.8 Å². The molecule has 0 saturated heterocycles. The monoisotopic (exact) mass is 560 g/mol. The van der Waals surface area contributed by atoms with Crippen LogP contribution in [0.25, 0.3) is 5.69 Å². The van der Waals surface area contributed by atoms with Gasteiger partial charge in [0.05, 0.1) is 15.0 Å². The number of thiophene rings is 1. The topological polar surface area (TPSA) is 76.9 Å². The second kappa shape index (κ2) is 10.6. The van der Waals surface area contributed by atoms with Crippen molar-refractivity contribution in [3.05, 3.63) is 55.0 Å². The van der Waals surface area contributed by atoms with Crippen molar-refractivity contribution in [2.75, 3.05) is 12.3 Å². The van der Waals surface area contributed by atoms with Gasteiger partial charge in [-0.2, -0.15) is 0 Å². The molecule has 152 valence electrons. The molecule has 0 bridgehead atoms. The van der Waals surface area contributed by atoms with E-state index in [9.17, 15) is 9.59 Å². The number of halogens is 2. The Kier molecular flexibility index (Phi) is 8.10. The number of Topliss-reactive ketones (excluding diaryl/α,β-unsaturated/α-hetero) is 1. The Bertz CT molecular complexity index is 1000. The standard InChI is InChI=1S/C19H18ClIN4O2S2/c1-12(26)22-10-2-3-18-23-24-19(25(18)14-6-4-13(21)5-7-14)28-11-15(27)16-8-9-17(20)29-16/h4-9H,2-3,10-11H2,1H3,(H,22,26). The molecule has 3 rings (SSSR count). The first-order valence-corrected chi connectivity index (χ1v) is 12.1. The molecule has 10 heteroatoms. The molecule has 1 amide bonds. The van der Waals surface area contributed by atoms with Crippen molar-refractivity contribution < 1.29 is 9.59 Å². The Morgan fingerprint density at radius 3 is 2.62 bits per heavy atom. The molecule has 1 N–H and O–H groups in total.